The number of hydrogen-bond donors (Lipinski definition) is 2. The smallest absolute Gasteiger partial charge is 0.237 e. The molecule has 2 unspecified atom stereocenters. The Kier molecular flexibility index (Phi) is 6.53. The lowest BCUT2D eigenvalue weighted by Gasteiger charge is -2.23. The van der Waals surface area contributed by atoms with E-state index in [4.69, 9.17) is 5.11 Å². The third kappa shape index (κ3) is 5.01. The second-order valence-corrected chi connectivity index (χ2v) is 4.94. The predicted octanol–water partition coefficient (Wildman–Crippen LogP) is 1.22. The highest BCUT2D eigenvalue weighted by Crippen LogP contribution is 2.13. The summed E-state index contributed by atoms with van der Waals surface area (Å²) >= 11 is 0. The number of aliphatic hydroxyl groups is 1. The molecule has 106 valence electrons. The van der Waals surface area contributed by atoms with Gasteiger partial charge < -0.3 is 10.4 Å². The minimum atomic E-state index is -0.227. The molecule has 4 heteroatoms. The number of hydrogen-bond acceptors (Lipinski definition) is 3. The van der Waals surface area contributed by atoms with Gasteiger partial charge in [-0.1, -0.05) is 37.3 Å². The molecule has 0 saturated heterocycles. The normalized spacial score (nSPS) is 14.2. The molecule has 0 fully saturated rings. The first-order valence-electron chi connectivity index (χ1n) is 6.70. The molecule has 0 aromatic heterocycles. The zero-order chi connectivity index (χ0) is 14.3. The first-order valence-corrected chi connectivity index (χ1v) is 6.70. The van der Waals surface area contributed by atoms with Gasteiger partial charge in [0.2, 0.25) is 5.91 Å². The van der Waals surface area contributed by atoms with Crippen molar-refractivity contribution in [2.24, 2.45) is 0 Å². The van der Waals surface area contributed by atoms with Crippen molar-refractivity contribution < 1.29 is 9.90 Å². The highest BCUT2D eigenvalue weighted by Gasteiger charge is 2.17. The van der Waals surface area contributed by atoms with Gasteiger partial charge in [-0.25, -0.2) is 0 Å². The molecule has 0 saturated carbocycles. The van der Waals surface area contributed by atoms with E-state index < -0.39 is 0 Å². The van der Waals surface area contributed by atoms with Gasteiger partial charge in [0, 0.05) is 13.1 Å². The molecule has 0 aliphatic carbocycles. The Morgan fingerprint density at radius 2 is 1.95 bits per heavy atom. The number of rotatable bonds is 7. The summed E-state index contributed by atoms with van der Waals surface area (Å²) in [6.45, 7) is 5.13. The number of aliphatic hydroxyl groups excluding tert-OH is 1. The van der Waals surface area contributed by atoms with Crippen molar-refractivity contribution in [1.29, 1.82) is 0 Å². The van der Waals surface area contributed by atoms with Gasteiger partial charge in [-0.3, -0.25) is 9.69 Å². The fraction of sp³-hybridized carbons (Fsp3) is 0.533. The van der Waals surface area contributed by atoms with Crippen molar-refractivity contribution in [1.82, 2.24) is 10.2 Å². The highest BCUT2D eigenvalue weighted by molar-refractivity contribution is 5.81. The fourth-order valence-corrected chi connectivity index (χ4v) is 1.85. The van der Waals surface area contributed by atoms with Crippen LogP contribution in [0.3, 0.4) is 0 Å². The van der Waals surface area contributed by atoms with E-state index in [-0.39, 0.29) is 18.6 Å². The third-order valence-corrected chi connectivity index (χ3v) is 3.44. The zero-order valence-electron chi connectivity index (χ0n) is 12.0. The van der Waals surface area contributed by atoms with Crippen molar-refractivity contribution in [3.05, 3.63) is 35.9 Å². The van der Waals surface area contributed by atoms with Gasteiger partial charge in [0.15, 0.2) is 0 Å². The SMILES string of the molecule is CC(CNC(=O)C(C)N(C)CCO)c1ccccc1. The van der Waals surface area contributed by atoms with E-state index in [0.717, 1.165) is 0 Å². The van der Waals surface area contributed by atoms with E-state index in [1.807, 2.05) is 37.1 Å². The van der Waals surface area contributed by atoms with E-state index in [1.165, 1.54) is 5.56 Å². The number of nitrogens with one attached hydrogen (secondary N) is 1. The van der Waals surface area contributed by atoms with Crippen LogP contribution in [0.25, 0.3) is 0 Å². The molecular weight excluding hydrogens is 240 g/mol. The third-order valence-electron chi connectivity index (χ3n) is 3.44. The van der Waals surface area contributed by atoms with Crippen LogP contribution in [0.2, 0.25) is 0 Å². The van der Waals surface area contributed by atoms with Crippen molar-refractivity contribution in [3.8, 4) is 0 Å². The van der Waals surface area contributed by atoms with Crippen LogP contribution >= 0.6 is 0 Å². The van der Waals surface area contributed by atoms with Gasteiger partial charge in [-0.15, -0.1) is 0 Å². The quantitative estimate of drug-likeness (QED) is 0.778. The number of benzene rings is 1. The van der Waals surface area contributed by atoms with Crippen LogP contribution in [0.5, 0.6) is 0 Å². The lowest BCUT2D eigenvalue weighted by molar-refractivity contribution is -0.125. The second kappa shape index (κ2) is 7.92. The number of carbonyl (C=O) groups is 1. The molecular formula is C15H24N2O2. The molecule has 0 spiro atoms. The van der Waals surface area contributed by atoms with Gasteiger partial charge in [0.25, 0.3) is 0 Å². The molecule has 1 rings (SSSR count). The molecule has 2 N–H and O–H groups in total. The molecule has 0 radical (unpaired) electrons. The number of likely N-dealkylation sites (N-methyl/N-ethyl adjacent to an activating group) is 1. The molecule has 4 nitrogen and oxygen atoms in total. The van der Waals surface area contributed by atoms with Gasteiger partial charge >= 0.3 is 0 Å². The van der Waals surface area contributed by atoms with Crippen molar-refractivity contribution in [3.63, 3.8) is 0 Å². The summed E-state index contributed by atoms with van der Waals surface area (Å²) in [6.07, 6.45) is 0. The monoisotopic (exact) mass is 264 g/mol. The molecule has 0 aliphatic heterocycles. The predicted molar refractivity (Wildman–Crippen MR) is 77.0 cm³/mol. The summed E-state index contributed by atoms with van der Waals surface area (Å²) < 4.78 is 0. The summed E-state index contributed by atoms with van der Waals surface area (Å²) in [5.41, 5.74) is 1.22. The van der Waals surface area contributed by atoms with Crippen LogP contribution in [0.4, 0.5) is 0 Å². The minimum absolute atomic E-state index is 0.00117. The van der Waals surface area contributed by atoms with Gasteiger partial charge in [0.05, 0.1) is 12.6 Å². The summed E-state index contributed by atoms with van der Waals surface area (Å²) in [6, 6.07) is 9.91. The maximum absolute atomic E-state index is 12.0. The van der Waals surface area contributed by atoms with Gasteiger partial charge in [0.1, 0.15) is 0 Å². The van der Waals surface area contributed by atoms with Crippen LogP contribution in [-0.4, -0.2) is 48.7 Å². The summed E-state index contributed by atoms with van der Waals surface area (Å²) in [5, 5.41) is 11.8. The van der Waals surface area contributed by atoms with E-state index in [9.17, 15) is 4.79 Å². The molecule has 2 atom stereocenters. The number of amides is 1. The van der Waals surface area contributed by atoms with Crippen molar-refractivity contribution in [2.75, 3.05) is 26.7 Å². The Morgan fingerprint density at radius 1 is 1.32 bits per heavy atom. The maximum atomic E-state index is 12.0. The Balaban J connectivity index is 2.42. The van der Waals surface area contributed by atoms with Crippen LogP contribution in [0.1, 0.15) is 25.3 Å². The van der Waals surface area contributed by atoms with Crippen LogP contribution in [-0.2, 0) is 4.79 Å². The number of carbonyl (C=O) groups excluding carboxylic acids is 1. The second-order valence-electron chi connectivity index (χ2n) is 4.94. The molecule has 0 bridgehead atoms. The standard InChI is InChI=1S/C15H24N2O2/c1-12(14-7-5-4-6-8-14)11-16-15(19)13(2)17(3)9-10-18/h4-8,12-13,18H,9-11H2,1-3H3,(H,16,19). The lowest BCUT2D eigenvalue weighted by atomic mass is 10.0. The van der Waals surface area contributed by atoms with E-state index in [0.29, 0.717) is 19.0 Å². The highest BCUT2D eigenvalue weighted by atomic mass is 16.3. The Labute approximate surface area is 115 Å². The Morgan fingerprint density at radius 3 is 2.53 bits per heavy atom. The Bertz CT molecular complexity index is 381. The summed E-state index contributed by atoms with van der Waals surface area (Å²) in [4.78, 5) is 13.8. The van der Waals surface area contributed by atoms with Gasteiger partial charge in [-0.05, 0) is 25.5 Å². The van der Waals surface area contributed by atoms with Crippen LogP contribution < -0.4 is 5.32 Å². The zero-order valence-corrected chi connectivity index (χ0v) is 12.0. The molecule has 0 heterocycles. The minimum Gasteiger partial charge on any atom is -0.395 e. The van der Waals surface area contributed by atoms with E-state index in [1.54, 1.807) is 0 Å². The molecule has 19 heavy (non-hydrogen) atoms. The molecule has 1 aromatic rings. The lowest BCUT2D eigenvalue weighted by Crippen LogP contribution is -2.45. The van der Waals surface area contributed by atoms with Crippen molar-refractivity contribution >= 4 is 5.91 Å². The van der Waals surface area contributed by atoms with Crippen LogP contribution in [0.15, 0.2) is 30.3 Å². The average molecular weight is 264 g/mol. The van der Waals surface area contributed by atoms with Gasteiger partial charge in [-0.2, -0.15) is 0 Å². The average Bonchev–Trinajstić information content (AvgIpc) is 2.44. The summed E-state index contributed by atoms with van der Waals surface area (Å²) in [7, 11) is 1.83. The molecule has 1 amide bonds. The maximum Gasteiger partial charge on any atom is 0.237 e. The van der Waals surface area contributed by atoms with Crippen molar-refractivity contribution in [2.45, 2.75) is 25.8 Å². The van der Waals surface area contributed by atoms with E-state index >= 15 is 0 Å². The Hall–Kier alpha value is -1.39. The molecule has 0 aliphatic rings. The fourth-order valence-electron chi connectivity index (χ4n) is 1.85. The molecule has 1 aromatic carbocycles. The topological polar surface area (TPSA) is 52.6 Å². The largest absolute Gasteiger partial charge is 0.395 e. The first-order chi connectivity index (χ1) is 9.06. The van der Waals surface area contributed by atoms with Crippen LogP contribution in [0, 0.1) is 0 Å². The number of nitrogens with zero attached hydrogens (tertiary/aromatic N) is 1. The van der Waals surface area contributed by atoms with E-state index in [2.05, 4.69) is 24.4 Å². The first kappa shape index (κ1) is 15.7. The summed E-state index contributed by atoms with van der Waals surface area (Å²) in [5.74, 6) is 0.291.